The number of anilines is 2. The molecule has 0 saturated carbocycles. The molecule has 2 aromatic rings. The molecule has 0 unspecified atom stereocenters. The predicted molar refractivity (Wildman–Crippen MR) is 133 cm³/mol. The molecule has 0 bridgehead atoms. The number of aliphatic carboxylic acids is 1. The van der Waals surface area contributed by atoms with E-state index in [2.05, 4.69) is 5.32 Å². The van der Waals surface area contributed by atoms with Gasteiger partial charge in [0.1, 0.15) is 0 Å². The molecule has 178 valence electrons. The van der Waals surface area contributed by atoms with Crippen LogP contribution >= 0.6 is 11.8 Å². The number of carbonyl (C=O) groups is 3. The molecule has 0 heterocycles. The molecule has 33 heavy (non-hydrogen) atoms. The van der Waals surface area contributed by atoms with Crippen molar-refractivity contribution in [1.82, 2.24) is 0 Å². The molecule has 0 spiro atoms. The topological polar surface area (TPSA) is 95.9 Å². The van der Waals surface area contributed by atoms with Gasteiger partial charge in [-0.2, -0.15) is 0 Å². The Morgan fingerprint density at radius 3 is 2.42 bits per heavy atom. The summed E-state index contributed by atoms with van der Waals surface area (Å²) in [5.41, 5.74) is 2.18. The number of thioether (sulfide) groups is 1. The first-order valence-corrected chi connectivity index (χ1v) is 11.7. The van der Waals surface area contributed by atoms with Gasteiger partial charge < -0.3 is 20.1 Å². The summed E-state index contributed by atoms with van der Waals surface area (Å²) in [6.45, 7) is 4.19. The highest BCUT2D eigenvalue weighted by molar-refractivity contribution is 8.14. The fourth-order valence-corrected chi connectivity index (χ4v) is 3.78. The van der Waals surface area contributed by atoms with Crippen LogP contribution in [0.4, 0.5) is 11.4 Å². The molecule has 0 aliphatic heterocycles. The molecule has 1 amide bonds. The molecule has 8 heteroatoms. The number of amides is 1. The van der Waals surface area contributed by atoms with Gasteiger partial charge in [-0.15, -0.1) is 0 Å². The fraction of sp³-hybridized carbons (Fsp3) is 0.400. The van der Waals surface area contributed by atoms with Crippen LogP contribution in [0.1, 0.15) is 42.6 Å². The number of carboxylic acids is 1. The van der Waals surface area contributed by atoms with E-state index in [1.54, 1.807) is 12.1 Å². The largest absolute Gasteiger partial charge is 0.481 e. The summed E-state index contributed by atoms with van der Waals surface area (Å²) in [5.74, 6) is -0.715. The summed E-state index contributed by atoms with van der Waals surface area (Å²) in [6.07, 6.45) is 0.475. The summed E-state index contributed by atoms with van der Waals surface area (Å²) in [5, 5.41) is 11.7. The summed E-state index contributed by atoms with van der Waals surface area (Å²) >= 11 is 1.13. The van der Waals surface area contributed by atoms with Crippen molar-refractivity contribution in [2.24, 2.45) is 5.41 Å². The minimum Gasteiger partial charge on any atom is -0.481 e. The van der Waals surface area contributed by atoms with Crippen LogP contribution in [-0.4, -0.2) is 48.6 Å². The number of carboxylic acid groups (broad SMARTS) is 1. The molecule has 7 nitrogen and oxygen atoms in total. The Balaban J connectivity index is 2.05. The molecule has 0 fully saturated rings. The Kier molecular flexibility index (Phi) is 9.94. The third-order valence-corrected chi connectivity index (χ3v) is 6.35. The Morgan fingerprint density at radius 2 is 1.79 bits per heavy atom. The van der Waals surface area contributed by atoms with E-state index >= 15 is 0 Å². The van der Waals surface area contributed by atoms with Crippen molar-refractivity contribution in [2.45, 2.75) is 33.3 Å². The third-order valence-electron chi connectivity index (χ3n) is 4.98. The average Bonchev–Trinajstić information content (AvgIpc) is 2.78. The second kappa shape index (κ2) is 12.4. The first-order valence-electron chi connectivity index (χ1n) is 10.7. The monoisotopic (exact) mass is 472 g/mol. The van der Waals surface area contributed by atoms with Crippen molar-refractivity contribution < 1.29 is 24.2 Å². The van der Waals surface area contributed by atoms with Gasteiger partial charge in [0.25, 0.3) is 0 Å². The van der Waals surface area contributed by atoms with Gasteiger partial charge in [-0.3, -0.25) is 14.4 Å². The minimum absolute atomic E-state index is 0.0523. The number of rotatable bonds is 12. The second-order valence-corrected chi connectivity index (χ2v) is 9.51. The molecule has 2 rings (SSSR count). The van der Waals surface area contributed by atoms with Crippen LogP contribution in [0.5, 0.6) is 0 Å². The fourth-order valence-electron chi connectivity index (χ4n) is 2.85. The number of hydrogen-bond acceptors (Lipinski definition) is 6. The van der Waals surface area contributed by atoms with Gasteiger partial charge in [-0.1, -0.05) is 62.0 Å². The lowest BCUT2D eigenvalue weighted by Crippen LogP contribution is -2.33. The van der Waals surface area contributed by atoms with E-state index in [0.29, 0.717) is 30.0 Å². The van der Waals surface area contributed by atoms with Gasteiger partial charge in [-0.05, 0) is 18.6 Å². The molecule has 0 aromatic heterocycles. The number of nitrogens with one attached hydrogen (secondary N) is 1. The zero-order valence-corrected chi connectivity index (χ0v) is 20.4. The first-order chi connectivity index (χ1) is 15.6. The number of nitrogens with zero attached hydrogens (tertiary/aromatic N) is 1. The van der Waals surface area contributed by atoms with Gasteiger partial charge in [0.05, 0.1) is 12.0 Å². The highest BCUT2D eigenvalue weighted by Gasteiger charge is 2.29. The zero-order chi connectivity index (χ0) is 24.4. The van der Waals surface area contributed by atoms with E-state index < -0.39 is 11.4 Å². The number of carbonyl (C=O) groups excluding carboxylic acids is 2. The number of benzene rings is 2. The smallest absolute Gasteiger partial charge is 0.303 e. The van der Waals surface area contributed by atoms with Crippen molar-refractivity contribution in [1.29, 1.82) is 0 Å². The SMILES string of the molecule is CN(C)c1ccc(COCCCC(=O)O)c(NC(=O)C(C)(C)CSC(=O)c2ccccc2)c1. The van der Waals surface area contributed by atoms with Gasteiger partial charge in [0.2, 0.25) is 11.0 Å². The van der Waals surface area contributed by atoms with E-state index in [4.69, 9.17) is 9.84 Å². The van der Waals surface area contributed by atoms with Crippen LogP contribution in [0, 0.1) is 5.41 Å². The van der Waals surface area contributed by atoms with Gasteiger partial charge in [-0.25, -0.2) is 0 Å². The van der Waals surface area contributed by atoms with Crippen molar-refractivity contribution in [3.8, 4) is 0 Å². The third kappa shape index (κ3) is 8.55. The highest BCUT2D eigenvalue weighted by Crippen LogP contribution is 2.29. The predicted octanol–water partition coefficient (Wildman–Crippen LogP) is 4.67. The summed E-state index contributed by atoms with van der Waals surface area (Å²) in [7, 11) is 3.83. The van der Waals surface area contributed by atoms with E-state index in [0.717, 1.165) is 23.0 Å². The highest BCUT2D eigenvalue weighted by atomic mass is 32.2. The quantitative estimate of drug-likeness (QED) is 0.433. The molecule has 2 N–H and O–H groups in total. The minimum atomic E-state index is -0.854. The molecule has 0 aliphatic rings. The van der Waals surface area contributed by atoms with E-state index in [9.17, 15) is 14.4 Å². The van der Waals surface area contributed by atoms with Crippen LogP contribution in [0.2, 0.25) is 0 Å². The standard InChI is InChI=1S/C25H32N2O5S/c1-25(2,17-33-23(30)18-9-6-5-7-10-18)24(31)26-21-15-20(27(3)4)13-12-19(21)16-32-14-8-11-22(28)29/h5-7,9-10,12-13,15H,8,11,14,16-17H2,1-4H3,(H,26,31)(H,28,29). The lowest BCUT2D eigenvalue weighted by molar-refractivity contribution is -0.137. The van der Waals surface area contributed by atoms with Crippen LogP contribution in [0.15, 0.2) is 48.5 Å². The van der Waals surface area contributed by atoms with Crippen molar-refractivity contribution >= 4 is 40.1 Å². The molecular weight excluding hydrogens is 440 g/mol. The summed E-state index contributed by atoms with van der Waals surface area (Å²) < 4.78 is 5.63. The molecule has 0 saturated heterocycles. The average molecular weight is 473 g/mol. The Morgan fingerprint density at radius 1 is 1.09 bits per heavy atom. The van der Waals surface area contributed by atoms with Gasteiger partial charge in [0, 0.05) is 55.4 Å². The molecular formula is C25H32N2O5S. The number of hydrogen-bond donors (Lipinski definition) is 2. The van der Waals surface area contributed by atoms with Crippen molar-refractivity contribution in [3.63, 3.8) is 0 Å². The Hall–Kier alpha value is -2.84. The van der Waals surface area contributed by atoms with E-state index in [1.807, 2.05) is 69.2 Å². The zero-order valence-electron chi connectivity index (χ0n) is 19.6. The Labute approximate surface area is 199 Å². The van der Waals surface area contributed by atoms with Gasteiger partial charge >= 0.3 is 5.97 Å². The first kappa shape index (κ1) is 26.4. The lowest BCUT2D eigenvalue weighted by Gasteiger charge is -2.24. The van der Waals surface area contributed by atoms with E-state index in [1.165, 1.54) is 0 Å². The molecule has 0 atom stereocenters. The van der Waals surface area contributed by atoms with Gasteiger partial charge in [0.15, 0.2) is 0 Å². The maximum atomic E-state index is 13.1. The van der Waals surface area contributed by atoms with Crippen LogP contribution < -0.4 is 10.2 Å². The molecule has 0 radical (unpaired) electrons. The lowest BCUT2D eigenvalue weighted by atomic mass is 9.95. The van der Waals surface area contributed by atoms with E-state index in [-0.39, 0.29) is 24.1 Å². The summed E-state index contributed by atoms with van der Waals surface area (Å²) in [4.78, 5) is 38.1. The number of ether oxygens (including phenoxy) is 1. The Bertz CT molecular complexity index is 961. The molecule has 2 aromatic carbocycles. The van der Waals surface area contributed by atoms with Crippen LogP contribution in [0.3, 0.4) is 0 Å². The maximum absolute atomic E-state index is 13.1. The van der Waals surface area contributed by atoms with Crippen molar-refractivity contribution in [3.05, 3.63) is 59.7 Å². The summed E-state index contributed by atoms with van der Waals surface area (Å²) in [6, 6.07) is 14.7. The second-order valence-electron chi connectivity index (χ2n) is 8.57. The van der Waals surface area contributed by atoms with Crippen LogP contribution in [-0.2, 0) is 20.9 Å². The van der Waals surface area contributed by atoms with Crippen molar-refractivity contribution in [2.75, 3.05) is 36.7 Å². The normalized spacial score (nSPS) is 11.2. The maximum Gasteiger partial charge on any atom is 0.303 e. The molecule has 0 aliphatic carbocycles. The van der Waals surface area contributed by atoms with Crippen LogP contribution in [0.25, 0.3) is 0 Å².